The summed E-state index contributed by atoms with van der Waals surface area (Å²) < 4.78 is 30.2. The number of hydroxylamine groups is 1. The number of carbonyl (C=O) groups is 1. The van der Waals surface area contributed by atoms with Gasteiger partial charge in [-0.05, 0) is 78.8 Å². The van der Waals surface area contributed by atoms with Gasteiger partial charge < -0.3 is 8.48 Å². The van der Waals surface area contributed by atoms with Crippen molar-refractivity contribution >= 4 is 57.6 Å². The second-order valence-corrected chi connectivity index (χ2v) is 13.5. The van der Waals surface area contributed by atoms with Crippen LogP contribution in [0.2, 0.25) is 5.02 Å². The Balaban J connectivity index is 1.96. The van der Waals surface area contributed by atoms with Gasteiger partial charge in [0.1, 0.15) is 0 Å². The number of rotatable bonds is 5. The molecule has 0 amide bonds. The van der Waals surface area contributed by atoms with Gasteiger partial charge in [-0.1, -0.05) is 50.6 Å². The highest BCUT2D eigenvalue weighted by atomic mass is 127. The maximum Gasteiger partial charge on any atom is 0.261 e. The predicted molar refractivity (Wildman–Crippen MR) is 139 cm³/mol. The van der Waals surface area contributed by atoms with Gasteiger partial charge in [0.25, 0.3) is 10.0 Å². The predicted octanol–water partition coefficient (Wildman–Crippen LogP) is 5.95. The average molecular weight is 586 g/mol. The molecule has 3 rings (SSSR count). The van der Waals surface area contributed by atoms with E-state index in [1.807, 2.05) is 27.7 Å². The maximum atomic E-state index is 13.2. The van der Waals surface area contributed by atoms with E-state index in [-0.39, 0.29) is 32.2 Å². The van der Waals surface area contributed by atoms with Crippen LogP contribution >= 0.6 is 32.6 Å². The molecule has 2 aromatic carbocycles. The monoisotopic (exact) mass is 585 g/mol. The number of hydrogen-bond donors (Lipinski definition) is 1. The standard InChI is InChI=1S/C23H23ClIN2O4S/c1-15-5-6-16(14-27(29)25-15)22(28)20-13-18(24)9-12-21(20)26-32(30,31)19-10-7-17(8-11-19)23(2,3)4/h5-14,26H,1-4H3/q-1. The number of nitrogens with zero attached hydrogens (tertiary/aromatic N) is 1. The van der Waals surface area contributed by atoms with Gasteiger partial charge >= 0.3 is 0 Å². The van der Waals surface area contributed by atoms with Gasteiger partial charge in [0.15, 0.2) is 5.78 Å². The number of sulfonamides is 1. The van der Waals surface area contributed by atoms with E-state index in [0.717, 1.165) is 12.3 Å². The van der Waals surface area contributed by atoms with Crippen molar-refractivity contribution in [3.05, 3.63) is 87.7 Å². The van der Waals surface area contributed by atoms with Crippen LogP contribution in [0.25, 0.3) is 0 Å². The first-order valence-electron chi connectivity index (χ1n) is 9.69. The van der Waals surface area contributed by atoms with Crippen LogP contribution in [-0.2, 0) is 15.4 Å². The Labute approximate surface area is 203 Å². The number of benzene rings is 2. The van der Waals surface area contributed by atoms with Crippen LogP contribution in [0.15, 0.2) is 71.3 Å². The minimum Gasteiger partial charge on any atom is -0.750 e. The molecule has 32 heavy (non-hydrogen) atoms. The maximum absolute atomic E-state index is 13.2. The van der Waals surface area contributed by atoms with Crippen molar-refractivity contribution in [3.8, 4) is 0 Å². The lowest BCUT2D eigenvalue weighted by Gasteiger charge is -2.20. The quantitative estimate of drug-likeness (QED) is 0.266. The molecule has 0 fully saturated rings. The number of allylic oxidation sites excluding steroid dienone is 3. The van der Waals surface area contributed by atoms with E-state index in [1.54, 1.807) is 24.3 Å². The fraction of sp³-hybridized carbons (Fsp3) is 0.217. The number of nitrogens with one attached hydrogen (secondary N) is 1. The Kier molecular flexibility index (Phi) is 7.28. The lowest BCUT2D eigenvalue weighted by molar-refractivity contribution is 0.103. The Morgan fingerprint density at radius 2 is 1.75 bits per heavy atom. The second-order valence-electron chi connectivity index (χ2n) is 8.26. The lowest BCUT2D eigenvalue weighted by atomic mass is 9.87. The van der Waals surface area contributed by atoms with Gasteiger partial charge in [0, 0.05) is 22.4 Å². The van der Waals surface area contributed by atoms with Gasteiger partial charge in [-0.2, -0.15) is 0 Å². The lowest BCUT2D eigenvalue weighted by Crippen LogP contribution is -2.17. The summed E-state index contributed by atoms with van der Waals surface area (Å²) in [5, 5.41) is 12.3. The highest BCUT2D eigenvalue weighted by molar-refractivity contribution is 14.2. The number of Topliss-reactive ketones (excluding diaryl/α,β-unsaturated/α-hetero) is 1. The molecule has 1 N–H and O–H groups in total. The first-order valence-corrected chi connectivity index (χ1v) is 13.6. The van der Waals surface area contributed by atoms with Gasteiger partial charge in [0.05, 0.1) is 10.6 Å². The molecule has 0 radical (unpaired) electrons. The van der Waals surface area contributed by atoms with Gasteiger partial charge in [-0.3, -0.25) is 9.52 Å². The number of ketones is 1. The van der Waals surface area contributed by atoms with Crippen molar-refractivity contribution in [2.45, 2.75) is 38.0 Å². The SMILES string of the molecule is CC1=IN([O-])C=C(C(=O)c2cc(Cl)ccc2NS(=O)(=O)c2ccc(C(C)(C)C)cc2)C=C1. The molecule has 170 valence electrons. The molecule has 1 aliphatic heterocycles. The molecule has 2 aromatic rings. The minimum absolute atomic E-state index is 0.0643. The summed E-state index contributed by atoms with van der Waals surface area (Å²) in [7, 11) is -3.96. The van der Waals surface area contributed by atoms with Crippen LogP contribution < -0.4 is 4.72 Å². The van der Waals surface area contributed by atoms with Gasteiger partial charge in [-0.15, -0.1) is 0 Å². The summed E-state index contributed by atoms with van der Waals surface area (Å²) in [4.78, 5) is 13.3. The average Bonchev–Trinajstić information content (AvgIpc) is 2.88. The molecular formula is C23H23ClIN2O4S-. The number of carbonyl (C=O) groups excluding carboxylic acids is 1. The highest BCUT2D eigenvalue weighted by Gasteiger charge is 2.22. The van der Waals surface area contributed by atoms with Crippen LogP contribution in [0.3, 0.4) is 0 Å². The van der Waals surface area contributed by atoms with Crippen LogP contribution in [0.5, 0.6) is 0 Å². The molecule has 0 aliphatic carbocycles. The topological polar surface area (TPSA) is 89.5 Å². The molecule has 0 atom stereocenters. The van der Waals surface area contributed by atoms with Crippen molar-refractivity contribution in [2.24, 2.45) is 0 Å². The van der Waals surface area contributed by atoms with Crippen LogP contribution in [0, 0.1) is 5.21 Å². The van der Waals surface area contributed by atoms with E-state index >= 15 is 0 Å². The molecule has 1 aliphatic rings. The second kappa shape index (κ2) is 9.46. The molecular weight excluding hydrogens is 563 g/mol. The molecule has 0 unspecified atom stereocenters. The molecule has 9 heteroatoms. The van der Waals surface area contributed by atoms with E-state index in [0.29, 0.717) is 0 Å². The molecule has 0 aromatic heterocycles. The van der Waals surface area contributed by atoms with Crippen molar-refractivity contribution in [2.75, 3.05) is 4.72 Å². The summed E-state index contributed by atoms with van der Waals surface area (Å²) in [6.45, 7) is 7.96. The fourth-order valence-electron chi connectivity index (χ4n) is 2.96. The molecule has 0 saturated heterocycles. The van der Waals surface area contributed by atoms with E-state index in [9.17, 15) is 18.4 Å². The summed E-state index contributed by atoms with van der Waals surface area (Å²) >= 11 is 5.20. The minimum atomic E-state index is -3.96. The zero-order valence-electron chi connectivity index (χ0n) is 18.0. The number of hydrogen-bond acceptors (Lipinski definition) is 5. The molecule has 0 saturated carbocycles. The van der Waals surface area contributed by atoms with Crippen molar-refractivity contribution < 1.29 is 13.2 Å². The summed E-state index contributed by atoms with van der Waals surface area (Å²) in [6, 6.07) is 11.0. The third-order valence-electron chi connectivity index (χ3n) is 4.71. The van der Waals surface area contributed by atoms with E-state index < -0.39 is 36.8 Å². The molecule has 1 heterocycles. The Hall–Kier alpha value is -2.01. The normalized spacial score (nSPS) is 14.8. The number of halogens is 2. The Morgan fingerprint density at radius 3 is 2.38 bits per heavy atom. The van der Waals surface area contributed by atoms with E-state index in [2.05, 4.69) is 4.72 Å². The van der Waals surface area contributed by atoms with Crippen LogP contribution in [0.4, 0.5) is 5.69 Å². The van der Waals surface area contributed by atoms with Gasteiger partial charge in [-0.25, -0.2) is 8.42 Å². The van der Waals surface area contributed by atoms with Crippen LogP contribution in [-0.4, -0.2) is 21.0 Å². The smallest absolute Gasteiger partial charge is 0.261 e. The number of anilines is 1. The zero-order valence-corrected chi connectivity index (χ0v) is 21.7. The Morgan fingerprint density at radius 1 is 1.09 bits per heavy atom. The third-order valence-corrected chi connectivity index (χ3v) is 8.20. The van der Waals surface area contributed by atoms with Crippen LogP contribution in [0.1, 0.15) is 43.6 Å². The zero-order chi connectivity index (χ0) is 23.7. The van der Waals surface area contributed by atoms with E-state index in [4.69, 9.17) is 11.6 Å². The Bertz CT molecular complexity index is 1240. The van der Waals surface area contributed by atoms with E-state index in [1.165, 1.54) is 36.5 Å². The largest absolute Gasteiger partial charge is 0.750 e. The molecule has 0 bridgehead atoms. The summed E-state index contributed by atoms with van der Waals surface area (Å²) in [5.74, 6) is -0.496. The first kappa shape index (κ1) is 24.6. The highest BCUT2D eigenvalue weighted by Crippen LogP contribution is 2.29. The van der Waals surface area contributed by atoms with Gasteiger partial charge in [0.2, 0.25) is 0 Å². The third kappa shape index (κ3) is 5.86. The summed E-state index contributed by atoms with van der Waals surface area (Å²) in [6.07, 6.45) is 4.55. The first-order chi connectivity index (χ1) is 14.9. The summed E-state index contributed by atoms with van der Waals surface area (Å²) in [5.41, 5.74) is 1.20. The fourth-order valence-corrected chi connectivity index (χ4v) is 5.74. The van der Waals surface area contributed by atoms with Crippen molar-refractivity contribution in [3.63, 3.8) is 0 Å². The molecule has 0 spiro atoms. The van der Waals surface area contributed by atoms with Crippen molar-refractivity contribution in [1.82, 2.24) is 3.28 Å². The molecule has 6 nitrogen and oxygen atoms in total. The van der Waals surface area contributed by atoms with Crippen molar-refractivity contribution in [1.29, 1.82) is 0 Å².